The minimum absolute atomic E-state index is 0.207. The molecule has 3 aromatic carbocycles. The maximum absolute atomic E-state index is 13.2. The van der Waals surface area contributed by atoms with E-state index in [2.05, 4.69) is 4.72 Å². The van der Waals surface area contributed by atoms with Gasteiger partial charge in [-0.1, -0.05) is 78.4 Å². The zero-order valence-electron chi connectivity index (χ0n) is 18.6. The Bertz CT molecular complexity index is 1030. The van der Waals surface area contributed by atoms with Gasteiger partial charge in [0.2, 0.25) is 10.0 Å². The van der Waals surface area contributed by atoms with E-state index >= 15 is 0 Å². The summed E-state index contributed by atoms with van der Waals surface area (Å²) in [6.07, 6.45) is 3.19. The molecule has 0 amide bonds. The number of aryl methyl sites for hydroxylation is 1. The second-order valence-corrected chi connectivity index (χ2v) is 10.9. The van der Waals surface area contributed by atoms with Crippen molar-refractivity contribution in [2.24, 2.45) is 0 Å². The van der Waals surface area contributed by atoms with Gasteiger partial charge in [0.1, 0.15) is 0 Å². The van der Waals surface area contributed by atoms with Crippen LogP contribution in [0.4, 0.5) is 0 Å². The summed E-state index contributed by atoms with van der Waals surface area (Å²) in [7, 11) is -3.79. The standard InChI is InChI=1S/C26H31NO3S2/c1-21-13-15-24(16-14-21)32(29,30)27-25(17-18-31-2)26(28,19-22-9-5-3-6-10-22)20-23-11-7-4-8-12-23/h3-16,25,27-28H,17-20H2,1-2H3/t25-/m0/s1. The van der Waals surface area contributed by atoms with Crippen molar-refractivity contribution in [3.05, 3.63) is 102 Å². The summed E-state index contributed by atoms with van der Waals surface area (Å²) in [5, 5.41) is 12.0. The summed E-state index contributed by atoms with van der Waals surface area (Å²) in [5.41, 5.74) is 1.63. The average molecular weight is 470 g/mol. The van der Waals surface area contributed by atoms with Crippen LogP contribution in [0.3, 0.4) is 0 Å². The molecule has 0 aromatic heterocycles. The molecule has 0 saturated carbocycles. The minimum Gasteiger partial charge on any atom is -0.388 e. The van der Waals surface area contributed by atoms with Crippen molar-refractivity contribution in [3.8, 4) is 0 Å². The van der Waals surface area contributed by atoms with Gasteiger partial charge in [0.15, 0.2) is 0 Å². The van der Waals surface area contributed by atoms with Crippen LogP contribution in [0.15, 0.2) is 89.8 Å². The Morgan fingerprint density at radius 1 is 0.875 bits per heavy atom. The molecular formula is C26H31NO3S2. The van der Waals surface area contributed by atoms with Gasteiger partial charge in [-0.05, 0) is 48.6 Å². The molecule has 0 unspecified atom stereocenters. The number of hydrogen-bond donors (Lipinski definition) is 2. The normalized spacial score (nSPS) is 13.1. The van der Waals surface area contributed by atoms with Crippen molar-refractivity contribution >= 4 is 21.8 Å². The largest absolute Gasteiger partial charge is 0.388 e. The van der Waals surface area contributed by atoms with Crippen molar-refractivity contribution in [2.75, 3.05) is 12.0 Å². The van der Waals surface area contributed by atoms with Crippen LogP contribution in [0.1, 0.15) is 23.1 Å². The van der Waals surface area contributed by atoms with Gasteiger partial charge in [0.05, 0.1) is 16.5 Å². The van der Waals surface area contributed by atoms with Crippen molar-refractivity contribution in [1.82, 2.24) is 4.72 Å². The number of thioether (sulfide) groups is 1. The summed E-state index contributed by atoms with van der Waals surface area (Å²) in [4.78, 5) is 0.207. The number of aliphatic hydroxyl groups is 1. The lowest BCUT2D eigenvalue weighted by molar-refractivity contribution is 0.00809. The number of nitrogens with one attached hydrogen (secondary N) is 1. The van der Waals surface area contributed by atoms with Crippen LogP contribution in [0, 0.1) is 6.92 Å². The Hall–Kier alpha value is -2.12. The molecule has 0 saturated heterocycles. The molecule has 0 aliphatic heterocycles. The Labute approximate surface area is 196 Å². The van der Waals surface area contributed by atoms with Crippen LogP contribution >= 0.6 is 11.8 Å². The molecule has 0 fully saturated rings. The highest BCUT2D eigenvalue weighted by Gasteiger charge is 2.39. The van der Waals surface area contributed by atoms with Crippen molar-refractivity contribution < 1.29 is 13.5 Å². The maximum Gasteiger partial charge on any atom is 0.240 e. The molecule has 0 bridgehead atoms. The van der Waals surface area contributed by atoms with Gasteiger partial charge >= 0.3 is 0 Å². The minimum atomic E-state index is -3.79. The van der Waals surface area contributed by atoms with Gasteiger partial charge in [0.25, 0.3) is 0 Å². The Kier molecular flexibility index (Phi) is 8.54. The van der Waals surface area contributed by atoms with E-state index < -0.39 is 21.7 Å². The van der Waals surface area contributed by atoms with E-state index in [0.29, 0.717) is 19.3 Å². The van der Waals surface area contributed by atoms with Crippen LogP contribution in [0.2, 0.25) is 0 Å². The van der Waals surface area contributed by atoms with Crippen LogP contribution in [-0.4, -0.2) is 37.2 Å². The fraction of sp³-hybridized carbons (Fsp3) is 0.308. The summed E-state index contributed by atoms with van der Waals surface area (Å²) in [6.45, 7) is 1.92. The van der Waals surface area contributed by atoms with Gasteiger partial charge in [-0.15, -0.1) is 0 Å². The fourth-order valence-electron chi connectivity index (χ4n) is 3.85. The molecule has 32 heavy (non-hydrogen) atoms. The molecule has 4 nitrogen and oxygen atoms in total. The predicted molar refractivity (Wildman–Crippen MR) is 134 cm³/mol. The second-order valence-electron chi connectivity index (χ2n) is 8.20. The lowest BCUT2D eigenvalue weighted by atomic mass is 9.81. The first kappa shape index (κ1) is 24.5. The molecule has 0 heterocycles. The first-order valence-electron chi connectivity index (χ1n) is 10.7. The number of sulfonamides is 1. The zero-order chi connectivity index (χ0) is 23.0. The quantitative estimate of drug-likeness (QED) is 0.430. The van der Waals surface area contributed by atoms with Crippen molar-refractivity contribution in [2.45, 2.75) is 42.7 Å². The molecule has 6 heteroatoms. The van der Waals surface area contributed by atoms with Crippen LogP contribution in [0.25, 0.3) is 0 Å². The van der Waals surface area contributed by atoms with Crippen LogP contribution < -0.4 is 4.72 Å². The van der Waals surface area contributed by atoms with E-state index in [1.54, 1.807) is 36.0 Å². The molecule has 3 aromatic rings. The second kappa shape index (κ2) is 11.1. The van der Waals surface area contributed by atoms with Gasteiger partial charge < -0.3 is 5.11 Å². The van der Waals surface area contributed by atoms with Crippen molar-refractivity contribution in [3.63, 3.8) is 0 Å². The lowest BCUT2D eigenvalue weighted by Gasteiger charge is -2.37. The Morgan fingerprint density at radius 3 is 1.84 bits per heavy atom. The zero-order valence-corrected chi connectivity index (χ0v) is 20.2. The van der Waals surface area contributed by atoms with Gasteiger partial charge in [-0.25, -0.2) is 13.1 Å². The summed E-state index contributed by atoms with van der Waals surface area (Å²) < 4.78 is 29.3. The topological polar surface area (TPSA) is 66.4 Å². The molecule has 170 valence electrons. The lowest BCUT2D eigenvalue weighted by Crippen LogP contribution is -2.55. The molecule has 1 atom stereocenters. The molecule has 3 rings (SSSR count). The fourth-order valence-corrected chi connectivity index (χ4v) is 5.67. The first-order chi connectivity index (χ1) is 15.3. The summed E-state index contributed by atoms with van der Waals surface area (Å²) >= 11 is 1.64. The third kappa shape index (κ3) is 6.69. The summed E-state index contributed by atoms with van der Waals surface area (Å²) in [6, 6.07) is 25.6. The number of hydrogen-bond acceptors (Lipinski definition) is 4. The highest BCUT2D eigenvalue weighted by molar-refractivity contribution is 7.98. The molecule has 0 spiro atoms. The number of benzene rings is 3. The maximum atomic E-state index is 13.2. The smallest absolute Gasteiger partial charge is 0.240 e. The van der Waals surface area contributed by atoms with Crippen LogP contribution in [0.5, 0.6) is 0 Å². The molecule has 0 radical (unpaired) electrons. The third-order valence-corrected chi connectivity index (χ3v) is 7.73. The first-order valence-corrected chi connectivity index (χ1v) is 13.6. The Balaban J connectivity index is 1.97. The predicted octanol–water partition coefficient (Wildman–Crippen LogP) is 4.61. The molecule has 2 N–H and O–H groups in total. The van der Waals surface area contributed by atoms with Gasteiger partial charge in [0, 0.05) is 12.8 Å². The molecular weight excluding hydrogens is 438 g/mol. The summed E-state index contributed by atoms with van der Waals surface area (Å²) in [5.74, 6) is 0.729. The van der Waals surface area contributed by atoms with E-state index in [-0.39, 0.29) is 4.90 Å². The van der Waals surface area contributed by atoms with Gasteiger partial charge in [-0.3, -0.25) is 0 Å². The third-order valence-electron chi connectivity index (χ3n) is 5.59. The highest BCUT2D eigenvalue weighted by Crippen LogP contribution is 2.27. The Morgan fingerprint density at radius 2 is 1.38 bits per heavy atom. The average Bonchev–Trinajstić information content (AvgIpc) is 2.78. The SMILES string of the molecule is CSCC[C@H](NS(=O)(=O)c1ccc(C)cc1)C(O)(Cc1ccccc1)Cc1ccccc1. The monoisotopic (exact) mass is 469 g/mol. The van der Waals surface area contributed by atoms with E-state index in [1.165, 1.54) is 0 Å². The van der Waals surface area contributed by atoms with Crippen LogP contribution in [-0.2, 0) is 22.9 Å². The van der Waals surface area contributed by atoms with E-state index in [1.807, 2.05) is 73.8 Å². The number of rotatable bonds is 11. The molecule has 0 aliphatic rings. The van der Waals surface area contributed by atoms with E-state index in [0.717, 1.165) is 22.4 Å². The van der Waals surface area contributed by atoms with Gasteiger partial charge in [-0.2, -0.15) is 11.8 Å². The van der Waals surface area contributed by atoms with Crippen molar-refractivity contribution in [1.29, 1.82) is 0 Å². The highest BCUT2D eigenvalue weighted by atomic mass is 32.2. The van der Waals surface area contributed by atoms with E-state index in [9.17, 15) is 13.5 Å². The van der Waals surface area contributed by atoms with E-state index in [4.69, 9.17) is 0 Å². The molecule has 0 aliphatic carbocycles.